The first-order valence-electron chi connectivity index (χ1n) is 4.74. The third kappa shape index (κ3) is 2.09. The molecule has 0 aliphatic heterocycles. The fourth-order valence-electron chi connectivity index (χ4n) is 1.33. The van der Waals surface area contributed by atoms with E-state index in [4.69, 9.17) is 5.26 Å². The Hall–Kier alpha value is -1.18. The van der Waals surface area contributed by atoms with Gasteiger partial charge in [-0.15, -0.1) is 22.7 Å². The molecule has 0 saturated heterocycles. The highest BCUT2D eigenvalue weighted by Gasteiger charge is 2.13. The lowest BCUT2D eigenvalue weighted by Crippen LogP contribution is -1.93. The summed E-state index contributed by atoms with van der Waals surface area (Å²) >= 11 is 3.30. The molecule has 2 rings (SSSR count). The summed E-state index contributed by atoms with van der Waals surface area (Å²) in [5, 5.41) is 14.0. The average molecular weight is 234 g/mol. The zero-order valence-corrected chi connectivity index (χ0v) is 9.94. The maximum absolute atomic E-state index is 8.94. The maximum Gasteiger partial charge on any atom is 0.133 e. The molecule has 0 bridgehead atoms. The molecule has 76 valence electrons. The molecule has 4 heteroatoms. The van der Waals surface area contributed by atoms with Crippen LogP contribution in [-0.4, -0.2) is 4.98 Å². The summed E-state index contributed by atoms with van der Waals surface area (Å²) in [4.78, 5) is 5.68. The third-order valence-corrected chi connectivity index (χ3v) is 4.07. The minimum atomic E-state index is -0.0602. The van der Waals surface area contributed by atoms with Crippen LogP contribution < -0.4 is 0 Å². The van der Waals surface area contributed by atoms with Crippen molar-refractivity contribution in [3.63, 3.8) is 0 Å². The van der Waals surface area contributed by atoms with E-state index in [2.05, 4.69) is 17.1 Å². The molecule has 2 aromatic heterocycles. The zero-order valence-electron chi connectivity index (χ0n) is 8.30. The molecule has 0 spiro atoms. The monoisotopic (exact) mass is 234 g/mol. The van der Waals surface area contributed by atoms with Gasteiger partial charge in [0.15, 0.2) is 0 Å². The van der Waals surface area contributed by atoms with Crippen molar-refractivity contribution in [2.45, 2.75) is 19.3 Å². The van der Waals surface area contributed by atoms with Crippen LogP contribution in [-0.2, 0) is 0 Å². The van der Waals surface area contributed by atoms with Crippen LogP contribution in [0, 0.1) is 11.3 Å². The lowest BCUT2D eigenvalue weighted by molar-refractivity contribution is 0.795. The lowest BCUT2D eigenvalue weighted by atomic mass is 10.1. The van der Waals surface area contributed by atoms with Gasteiger partial charge in [-0.2, -0.15) is 5.26 Å². The standard InChI is InChI=1S/C11H10N2S2/c1-2-8(6-12)9-7-15-11(13-9)10-4-3-5-14-10/h3-5,7-8H,2H2,1H3. The second kappa shape index (κ2) is 4.56. The number of aromatic nitrogens is 1. The minimum Gasteiger partial charge on any atom is -0.239 e. The summed E-state index contributed by atoms with van der Waals surface area (Å²) in [6.07, 6.45) is 0.824. The van der Waals surface area contributed by atoms with Gasteiger partial charge >= 0.3 is 0 Å². The fourth-order valence-corrected chi connectivity index (χ4v) is 3.01. The smallest absolute Gasteiger partial charge is 0.133 e. The second-order valence-corrected chi connectivity index (χ2v) is 4.95. The van der Waals surface area contributed by atoms with E-state index in [1.165, 1.54) is 4.88 Å². The van der Waals surface area contributed by atoms with Gasteiger partial charge in [0.1, 0.15) is 5.01 Å². The Balaban J connectivity index is 2.29. The van der Waals surface area contributed by atoms with E-state index in [1.807, 2.05) is 23.8 Å². The number of thiazole rings is 1. The van der Waals surface area contributed by atoms with Crippen LogP contribution in [0.25, 0.3) is 9.88 Å². The zero-order chi connectivity index (χ0) is 10.7. The van der Waals surface area contributed by atoms with Gasteiger partial charge in [-0.25, -0.2) is 4.98 Å². The van der Waals surface area contributed by atoms with Crippen molar-refractivity contribution in [2.24, 2.45) is 0 Å². The summed E-state index contributed by atoms with van der Waals surface area (Å²) in [5.74, 6) is -0.0602. The van der Waals surface area contributed by atoms with Crippen LogP contribution in [0.4, 0.5) is 0 Å². The number of thiophene rings is 1. The molecular weight excluding hydrogens is 224 g/mol. The number of hydrogen-bond donors (Lipinski definition) is 0. The van der Waals surface area contributed by atoms with E-state index in [0.717, 1.165) is 17.1 Å². The van der Waals surface area contributed by atoms with Crippen LogP contribution in [0.1, 0.15) is 25.0 Å². The molecule has 15 heavy (non-hydrogen) atoms. The van der Waals surface area contributed by atoms with Crippen LogP contribution >= 0.6 is 22.7 Å². The molecule has 2 aromatic rings. The number of rotatable bonds is 3. The summed E-state index contributed by atoms with van der Waals surface area (Å²) in [6.45, 7) is 2.01. The van der Waals surface area contributed by atoms with Crippen molar-refractivity contribution in [1.82, 2.24) is 4.98 Å². The fraction of sp³-hybridized carbons (Fsp3) is 0.273. The molecule has 1 unspecified atom stereocenters. The van der Waals surface area contributed by atoms with Crippen LogP contribution in [0.5, 0.6) is 0 Å². The SMILES string of the molecule is CCC(C#N)c1csc(-c2cccs2)n1. The van der Waals surface area contributed by atoms with Crippen molar-refractivity contribution in [3.05, 3.63) is 28.6 Å². The lowest BCUT2D eigenvalue weighted by Gasteiger charge is -1.99. The summed E-state index contributed by atoms with van der Waals surface area (Å²) in [5.41, 5.74) is 0.911. The largest absolute Gasteiger partial charge is 0.239 e. The maximum atomic E-state index is 8.94. The van der Waals surface area contributed by atoms with E-state index in [0.29, 0.717) is 0 Å². The van der Waals surface area contributed by atoms with E-state index >= 15 is 0 Å². The Morgan fingerprint density at radius 2 is 2.40 bits per heavy atom. The van der Waals surface area contributed by atoms with Gasteiger partial charge < -0.3 is 0 Å². The van der Waals surface area contributed by atoms with Gasteiger partial charge in [-0.1, -0.05) is 13.0 Å². The molecule has 0 saturated carbocycles. The number of nitriles is 1. The topological polar surface area (TPSA) is 36.7 Å². The molecule has 0 aliphatic carbocycles. The van der Waals surface area contributed by atoms with Crippen molar-refractivity contribution < 1.29 is 0 Å². The van der Waals surface area contributed by atoms with E-state index in [-0.39, 0.29) is 5.92 Å². The minimum absolute atomic E-state index is 0.0602. The Kier molecular flexibility index (Phi) is 3.14. The first-order chi connectivity index (χ1) is 7.35. The first kappa shape index (κ1) is 10.3. The Bertz CT molecular complexity index is 465. The molecule has 2 heterocycles. The molecular formula is C11H10N2S2. The Labute approximate surface area is 96.8 Å². The molecule has 0 radical (unpaired) electrons. The Morgan fingerprint density at radius 3 is 3.00 bits per heavy atom. The van der Waals surface area contributed by atoms with Crippen molar-refractivity contribution in [2.75, 3.05) is 0 Å². The average Bonchev–Trinajstić information content (AvgIpc) is 2.89. The normalized spacial score (nSPS) is 12.3. The molecule has 0 N–H and O–H groups in total. The molecule has 0 fully saturated rings. The molecule has 0 aromatic carbocycles. The van der Waals surface area contributed by atoms with Gasteiger partial charge in [-0.05, 0) is 17.9 Å². The number of nitrogens with zero attached hydrogens (tertiary/aromatic N) is 2. The predicted octanol–water partition coefficient (Wildman–Crippen LogP) is 3.89. The summed E-state index contributed by atoms with van der Waals surface area (Å²) in [6, 6.07) is 6.35. The summed E-state index contributed by atoms with van der Waals surface area (Å²) in [7, 11) is 0. The van der Waals surface area contributed by atoms with Gasteiger partial charge in [0.25, 0.3) is 0 Å². The first-order valence-corrected chi connectivity index (χ1v) is 6.50. The highest BCUT2D eigenvalue weighted by atomic mass is 32.1. The van der Waals surface area contributed by atoms with Crippen LogP contribution in [0.2, 0.25) is 0 Å². The molecule has 2 nitrogen and oxygen atoms in total. The third-order valence-electron chi connectivity index (χ3n) is 2.18. The number of hydrogen-bond acceptors (Lipinski definition) is 4. The van der Waals surface area contributed by atoms with Crippen LogP contribution in [0.3, 0.4) is 0 Å². The van der Waals surface area contributed by atoms with E-state index in [9.17, 15) is 0 Å². The Morgan fingerprint density at radius 1 is 1.53 bits per heavy atom. The summed E-state index contributed by atoms with van der Waals surface area (Å²) < 4.78 is 0. The van der Waals surface area contributed by atoms with Gasteiger partial charge in [-0.3, -0.25) is 0 Å². The highest BCUT2D eigenvalue weighted by Crippen LogP contribution is 2.30. The molecule has 0 amide bonds. The van der Waals surface area contributed by atoms with Crippen molar-refractivity contribution in [1.29, 1.82) is 5.26 Å². The van der Waals surface area contributed by atoms with E-state index in [1.54, 1.807) is 22.7 Å². The van der Waals surface area contributed by atoms with Gasteiger partial charge in [0, 0.05) is 5.38 Å². The molecule has 1 atom stereocenters. The van der Waals surface area contributed by atoms with Gasteiger partial charge in [0.2, 0.25) is 0 Å². The van der Waals surface area contributed by atoms with Crippen molar-refractivity contribution >= 4 is 22.7 Å². The van der Waals surface area contributed by atoms with E-state index < -0.39 is 0 Å². The van der Waals surface area contributed by atoms with Gasteiger partial charge in [0.05, 0.1) is 22.6 Å². The van der Waals surface area contributed by atoms with Crippen molar-refractivity contribution in [3.8, 4) is 16.0 Å². The molecule has 0 aliphatic rings. The van der Waals surface area contributed by atoms with Crippen LogP contribution in [0.15, 0.2) is 22.9 Å². The highest BCUT2D eigenvalue weighted by molar-refractivity contribution is 7.20. The second-order valence-electron chi connectivity index (χ2n) is 3.14. The quantitative estimate of drug-likeness (QED) is 0.807. The predicted molar refractivity (Wildman–Crippen MR) is 64.1 cm³/mol.